The molecule has 2 N–H and O–H groups in total. The summed E-state index contributed by atoms with van der Waals surface area (Å²) in [6.45, 7) is 1.76. The first-order valence-corrected chi connectivity index (χ1v) is 12.3. The van der Waals surface area contributed by atoms with Crippen molar-refractivity contribution in [2.75, 3.05) is 5.32 Å². The number of anilines is 1. The molecule has 0 aliphatic heterocycles. The molecule has 0 radical (unpaired) electrons. The standard InChI is InChI=1S/C28H32N2O4/c1-18(31)34-25-7-3-5-23(12-25)27(33)30-24-6-2-4-19(11-24)17-29-26(32)16-28-13-20-8-21(14-28)10-22(9-20)15-28/h2-7,11-12,20-22H,8-10,13-17H2,1H3,(H,29,32)(H,30,33). The van der Waals surface area contributed by atoms with Crippen LogP contribution in [0, 0.1) is 23.2 Å². The lowest BCUT2D eigenvalue weighted by atomic mass is 9.49. The Morgan fingerprint density at radius 2 is 1.62 bits per heavy atom. The fraction of sp³-hybridized carbons (Fsp3) is 0.464. The third kappa shape index (κ3) is 5.16. The number of amides is 2. The van der Waals surface area contributed by atoms with E-state index in [0.717, 1.165) is 23.3 Å². The summed E-state index contributed by atoms with van der Waals surface area (Å²) >= 11 is 0. The molecule has 4 aliphatic carbocycles. The molecule has 4 saturated carbocycles. The molecule has 178 valence electrons. The largest absolute Gasteiger partial charge is 0.427 e. The lowest BCUT2D eigenvalue weighted by Crippen LogP contribution is -2.47. The maximum Gasteiger partial charge on any atom is 0.308 e. The van der Waals surface area contributed by atoms with Crippen LogP contribution >= 0.6 is 0 Å². The third-order valence-electron chi connectivity index (χ3n) is 7.73. The number of hydrogen-bond donors (Lipinski definition) is 2. The molecule has 34 heavy (non-hydrogen) atoms. The molecule has 4 fully saturated rings. The highest BCUT2D eigenvalue weighted by Gasteiger charge is 2.51. The minimum absolute atomic E-state index is 0.138. The van der Waals surface area contributed by atoms with Gasteiger partial charge in [-0.2, -0.15) is 0 Å². The molecule has 2 amide bonds. The van der Waals surface area contributed by atoms with Crippen LogP contribution in [0.2, 0.25) is 0 Å². The van der Waals surface area contributed by atoms with Gasteiger partial charge in [0.25, 0.3) is 5.91 Å². The fourth-order valence-electron chi connectivity index (χ4n) is 6.94. The summed E-state index contributed by atoms with van der Waals surface area (Å²) in [5, 5.41) is 5.99. The van der Waals surface area contributed by atoms with Crippen LogP contribution in [0.3, 0.4) is 0 Å². The van der Waals surface area contributed by atoms with Crippen molar-refractivity contribution in [3.63, 3.8) is 0 Å². The van der Waals surface area contributed by atoms with Crippen LogP contribution in [0.25, 0.3) is 0 Å². The van der Waals surface area contributed by atoms with E-state index >= 15 is 0 Å². The Labute approximate surface area is 200 Å². The van der Waals surface area contributed by atoms with Crippen molar-refractivity contribution >= 4 is 23.5 Å². The second kappa shape index (κ2) is 9.24. The predicted molar refractivity (Wildman–Crippen MR) is 129 cm³/mol. The van der Waals surface area contributed by atoms with E-state index in [2.05, 4.69) is 10.6 Å². The number of benzene rings is 2. The van der Waals surface area contributed by atoms with E-state index in [4.69, 9.17) is 4.74 Å². The highest BCUT2D eigenvalue weighted by molar-refractivity contribution is 6.04. The molecule has 0 unspecified atom stereocenters. The fourth-order valence-corrected chi connectivity index (χ4v) is 6.94. The van der Waals surface area contributed by atoms with Crippen LogP contribution in [0.5, 0.6) is 5.75 Å². The van der Waals surface area contributed by atoms with Crippen LogP contribution in [0.4, 0.5) is 5.69 Å². The van der Waals surface area contributed by atoms with Crippen LogP contribution in [0.1, 0.15) is 67.8 Å². The van der Waals surface area contributed by atoms with Gasteiger partial charge in [0.2, 0.25) is 5.91 Å². The Morgan fingerprint density at radius 1 is 0.941 bits per heavy atom. The molecule has 4 aliphatic rings. The highest BCUT2D eigenvalue weighted by Crippen LogP contribution is 2.61. The average Bonchev–Trinajstić information content (AvgIpc) is 2.76. The van der Waals surface area contributed by atoms with Crippen molar-refractivity contribution in [3.8, 4) is 5.75 Å². The van der Waals surface area contributed by atoms with Gasteiger partial charge in [0.15, 0.2) is 0 Å². The quantitative estimate of drug-likeness (QED) is 0.445. The molecule has 2 aromatic rings. The predicted octanol–water partition coefficient (Wildman–Crippen LogP) is 5.09. The van der Waals surface area contributed by atoms with Gasteiger partial charge >= 0.3 is 5.97 Å². The number of rotatable bonds is 7. The average molecular weight is 461 g/mol. The molecule has 6 nitrogen and oxygen atoms in total. The maximum absolute atomic E-state index is 12.8. The second-order valence-corrected chi connectivity index (χ2v) is 10.6. The third-order valence-corrected chi connectivity index (χ3v) is 7.73. The summed E-state index contributed by atoms with van der Waals surface area (Å²) < 4.78 is 5.06. The summed E-state index contributed by atoms with van der Waals surface area (Å²) in [7, 11) is 0. The zero-order valence-electron chi connectivity index (χ0n) is 19.6. The van der Waals surface area contributed by atoms with Gasteiger partial charge in [-0.1, -0.05) is 18.2 Å². The summed E-state index contributed by atoms with van der Waals surface area (Å²) in [5.41, 5.74) is 2.21. The monoisotopic (exact) mass is 460 g/mol. The van der Waals surface area contributed by atoms with Gasteiger partial charge in [0.05, 0.1) is 0 Å². The molecule has 2 aromatic carbocycles. The van der Waals surface area contributed by atoms with E-state index in [0.29, 0.717) is 30.0 Å². The zero-order chi connectivity index (χ0) is 23.7. The summed E-state index contributed by atoms with van der Waals surface area (Å²) in [6.07, 6.45) is 8.48. The van der Waals surface area contributed by atoms with E-state index in [1.165, 1.54) is 51.5 Å². The van der Waals surface area contributed by atoms with Crippen LogP contribution < -0.4 is 15.4 Å². The van der Waals surface area contributed by atoms with Gasteiger partial charge in [-0.25, -0.2) is 0 Å². The Morgan fingerprint density at radius 3 is 2.29 bits per heavy atom. The first kappa shape index (κ1) is 22.6. The van der Waals surface area contributed by atoms with Gasteiger partial charge in [-0.05, 0) is 97.6 Å². The molecular formula is C28H32N2O4. The Kier molecular flexibility index (Phi) is 6.15. The number of hydrogen-bond acceptors (Lipinski definition) is 4. The summed E-state index contributed by atoms with van der Waals surface area (Å²) in [5.74, 6) is 2.26. The Balaban J connectivity index is 1.16. The second-order valence-electron chi connectivity index (χ2n) is 10.6. The minimum atomic E-state index is -0.435. The van der Waals surface area contributed by atoms with Crippen molar-refractivity contribution in [3.05, 3.63) is 59.7 Å². The lowest BCUT2D eigenvalue weighted by Gasteiger charge is -2.56. The van der Waals surface area contributed by atoms with Crippen LogP contribution in [-0.2, 0) is 16.1 Å². The van der Waals surface area contributed by atoms with Crippen molar-refractivity contribution in [2.45, 2.75) is 58.4 Å². The normalized spacial score (nSPS) is 26.7. The van der Waals surface area contributed by atoms with Crippen molar-refractivity contribution in [1.82, 2.24) is 5.32 Å². The van der Waals surface area contributed by atoms with E-state index in [1.54, 1.807) is 18.2 Å². The molecule has 0 aromatic heterocycles. The molecule has 0 heterocycles. The smallest absolute Gasteiger partial charge is 0.308 e. The van der Waals surface area contributed by atoms with Crippen molar-refractivity contribution in [1.29, 1.82) is 0 Å². The van der Waals surface area contributed by atoms with E-state index in [-0.39, 0.29) is 17.2 Å². The summed E-state index contributed by atoms with van der Waals surface area (Å²) in [4.78, 5) is 36.7. The first-order valence-electron chi connectivity index (χ1n) is 12.3. The van der Waals surface area contributed by atoms with E-state index in [9.17, 15) is 14.4 Å². The SMILES string of the molecule is CC(=O)Oc1cccc(C(=O)Nc2cccc(CNC(=O)CC34CC5CC(CC(C5)C3)C4)c2)c1. The Bertz CT molecular complexity index is 1070. The van der Waals surface area contributed by atoms with E-state index in [1.807, 2.05) is 24.3 Å². The minimum Gasteiger partial charge on any atom is -0.427 e. The number of ether oxygens (including phenoxy) is 1. The van der Waals surface area contributed by atoms with Crippen LogP contribution in [0.15, 0.2) is 48.5 Å². The molecule has 6 rings (SSSR count). The van der Waals surface area contributed by atoms with Gasteiger partial charge in [-0.3, -0.25) is 14.4 Å². The maximum atomic E-state index is 12.8. The van der Waals surface area contributed by atoms with Crippen molar-refractivity contribution < 1.29 is 19.1 Å². The molecule has 4 bridgehead atoms. The summed E-state index contributed by atoms with van der Waals surface area (Å²) in [6, 6.07) is 14.0. The van der Waals surface area contributed by atoms with E-state index < -0.39 is 5.97 Å². The molecule has 0 saturated heterocycles. The molecular weight excluding hydrogens is 428 g/mol. The Hall–Kier alpha value is -3.15. The number of esters is 1. The van der Waals surface area contributed by atoms with Crippen LogP contribution in [-0.4, -0.2) is 17.8 Å². The molecule has 0 spiro atoms. The molecule has 6 heteroatoms. The molecule has 0 atom stereocenters. The number of nitrogens with one attached hydrogen (secondary N) is 2. The highest BCUT2D eigenvalue weighted by atomic mass is 16.5. The topological polar surface area (TPSA) is 84.5 Å². The number of carbonyl (C=O) groups is 3. The first-order chi connectivity index (χ1) is 16.4. The zero-order valence-corrected chi connectivity index (χ0v) is 19.6. The van der Waals surface area contributed by atoms with Gasteiger partial charge in [0.1, 0.15) is 5.75 Å². The lowest BCUT2D eigenvalue weighted by molar-refractivity contribution is -0.132. The van der Waals surface area contributed by atoms with Gasteiger partial charge < -0.3 is 15.4 Å². The van der Waals surface area contributed by atoms with Crippen molar-refractivity contribution in [2.24, 2.45) is 23.2 Å². The van der Waals surface area contributed by atoms with Gasteiger partial charge in [0, 0.05) is 31.1 Å². The number of carbonyl (C=O) groups excluding carboxylic acids is 3. The van der Waals surface area contributed by atoms with Gasteiger partial charge in [-0.15, -0.1) is 0 Å².